The van der Waals surface area contributed by atoms with Gasteiger partial charge in [0.1, 0.15) is 9.84 Å². The van der Waals surface area contributed by atoms with Gasteiger partial charge in [-0.15, -0.1) is 0 Å². The van der Waals surface area contributed by atoms with Crippen molar-refractivity contribution in [3.05, 3.63) is 29.8 Å². The third-order valence-corrected chi connectivity index (χ3v) is 3.51. The van der Waals surface area contributed by atoms with Crippen molar-refractivity contribution in [1.29, 1.82) is 0 Å². The number of benzene rings is 1. The van der Waals surface area contributed by atoms with Gasteiger partial charge in [-0.1, -0.05) is 0 Å². The Labute approximate surface area is 111 Å². The van der Waals surface area contributed by atoms with Gasteiger partial charge in [-0.25, -0.2) is 13.2 Å². The molecule has 0 atom stereocenters. The quantitative estimate of drug-likeness (QED) is 0.863. The van der Waals surface area contributed by atoms with Crippen LogP contribution in [0.15, 0.2) is 24.3 Å². The molecule has 1 rings (SSSR count). The molecule has 1 aromatic rings. The van der Waals surface area contributed by atoms with Crippen LogP contribution in [0.5, 0.6) is 0 Å². The summed E-state index contributed by atoms with van der Waals surface area (Å²) in [6.45, 7) is 0. The van der Waals surface area contributed by atoms with Gasteiger partial charge in [0.05, 0.1) is 11.3 Å². The smallest absolute Gasteiger partial charge is 0.335 e. The highest BCUT2D eigenvalue weighted by molar-refractivity contribution is 7.90. The third-order valence-electron chi connectivity index (χ3n) is 2.56. The van der Waals surface area contributed by atoms with Crippen molar-refractivity contribution in [2.45, 2.75) is 6.42 Å². The van der Waals surface area contributed by atoms with E-state index >= 15 is 0 Å². The first-order valence-corrected chi connectivity index (χ1v) is 7.54. The second kappa shape index (κ2) is 5.83. The highest BCUT2D eigenvalue weighted by atomic mass is 32.2. The number of sulfone groups is 1. The molecule has 0 bridgehead atoms. The Morgan fingerprint density at radius 1 is 1.21 bits per heavy atom. The van der Waals surface area contributed by atoms with Crippen molar-refractivity contribution in [2.75, 3.05) is 24.0 Å². The van der Waals surface area contributed by atoms with E-state index in [1.165, 1.54) is 36.2 Å². The SMILES string of the molecule is CN(C(=O)CCS(C)(=O)=O)c1ccc(C(=O)O)cc1. The van der Waals surface area contributed by atoms with E-state index in [0.29, 0.717) is 5.69 Å². The van der Waals surface area contributed by atoms with Crippen LogP contribution in [0.1, 0.15) is 16.8 Å². The lowest BCUT2D eigenvalue weighted by Gasteiger charge is -2.17. The molecule has 0 saturated carbocycles. The Hall–Kier alpha value is -1.89. The minimum Gasteiger partial charge on any atom is -0.478 e. The molecule has 0 unspecified atom stereocenters. The van der Waals surface area contributed by atoms with Crippen molar-refractivity contribution in [2.24, 2.45) is 0 Å². The van der Waals surface area contributed by atoms with Crippen LogP contribution in [0.3, 0.4) is 0 Å². The number of carboxylic acids is 1. The maximum Gasteiger partial charge on any atom is 0.335 e. The molecule has 7 heteroatoms. The molecule has 0 aromatic heterocycles. The molecule has 0 heterocycles. The summed E-state index contributed by atoms with van der Waals surface area (Å²) in [5.41, 5.74) is 0.643. The minimum atomic E-state index is -3.18. The van der Waals surface area contributed by atoms with E-state index in [0.717, 1.165) is 6.26 Å². The van der Waals surface area contributed by atoms with Crippen LogP contribution in [0.2, 0.25) is 0 Å². The molecule has 0 aliphatic rings. The lowest BCUT2D eigenvalue weighted by molar-refractivity contribution is -0.117. The Kier molecular flexibility index (Phi) is 4.66. The summed E-state index contributed by atoms with van der Waals surface area (Å²) in [6.07, 6.45) is 0.970. The summed E-state index contributed by atoms with van der Waals surface area (Å²) in [7, 11) is -1.66. The number of nitrogens with zero attached hydrogens (tertiary/aromatic N) is 1. The van der Waals surface area contributed by atoms with Gasteiger partial charge in [-0.3, -0.25) is 4.79 Å². The van der Waals surface area contributed by atoms with Crippen LogP contribution >= 0.6 is 0 Å². The molecule has 0 spiro atoms. The topological polar surface area (TPSA) is 91.8 Å². The third kappa shape index (κ3) is 4.70. The van der Waals surface area contributed by atoms with E-state index < -0.39 is 15.8 Å². The van der Waals surface area contributed by atoms with E-state index in [-0.39, 0.29) is 23.6 Å². The van der Waals surface area contributed by atoms with Gasteiger partial charge in [0.2, 0.25) is 5.91 Å². The average molecular weight is 285 g/mol. The Balaban J connectivity index is 2.74. The van der Waals surface area contributed by atoms with Gasteiger partial charge in [-0.05, 0) is 24.3 Å². The molecule has 0 fully saturated rings. The number of aromatic carboxylic acids is 1. The predicted molar refractivity (Wildman–Crippen MR) is 71.1 cm³/mol. The summed E-state index contributed by atoms with van der Waals surface area (Å²) in [5, 5.41) is 8.75. The van der Waals surface area contributed by atoms with E-state index in [4.69, 9.17) is 5.11 Å². The molecule has 104 valence electrons. The first-order valence-electron chi connectivity index (χ1n) is 5.48. The normalized spacial score (nSPS) is 11.1. The number of carboxylic acid groups (broad SMARTS) is 1. The van der Waals surface area contributed by atoms with Crippen molar-refractivity contribution in [1.82, 2.24) is 0 Å². The maximum absolute atomic E-state index is 11.8. The molecule has 1 N–H and O–H groups in total. The molecule has 6 nitrogen and oxygen atoms in total. The number of carbonyl (C=O) groups is 2. The second-order valence-electron chi connectivity index (χ2n) is 4.18. The summed E-state index contributed by atoms with van der Waals surface area (Å²) in [6, 6.07) is 5.78. The minimum absolute atomic E-state index is 0.101. The molecular weight excluding hydrogens is 270 g/mol. The van der Waals surface area contributed by atoms with Gasteiger partial charge in [0.25, 0.3) is 0 Å². The highest BCUT2D eigenvalue weighted by Crippen LogP contribution is 2.15. The van der Waals surface area contributed by atoms with Gasteiger partial charge >= 0.3 is 5.97 Å². The number of hydrogen-bond acceptors (Lipinski definition) is 4. The predicted octanol–water partition coefficient (Wildman–Crippen LogP) is 0.782. The van der Waals surface area contributed by atoms with Crippen LogP contribution < -0.4 is 4.90 Å². The van der Waals surface area contributed by atoms with E-state index in [9.17, 15) is 18.0 Å². The summed E-state index contributed by atoms with van der Waals surface area (Å²) in [4.78, 5) is 23.7. The number of amides is 1. The Morgan fingerprint density at radius 3 is 2.16 bits per heavy atom. The maximum atomic E-state index is 11.8. The fourth-order valence-corrected chi connectivity index (χ4v) is 1.96. The standard InChI is InChI=1S/C12H15NO5S/c1-13(11(14)7-8-19(2,17)18)10-5-3-9(4-6-10)12(15)16/h3-6H,7-8H2,1-2H3,(H,15,16). The van der Waals surface area contributed by atoms with Crippen LogP contribution in [0.25, 0.3) is 0 Å². The molecule has 0 aliphatic carbocycles. The molecule has 1 amide bonds. The zero-order chi connectivity index (χ0) is 14.6. The lowest BCUT2D eigenvalue weighted by atomic mass is 10.2. The summed E-state index contributed by atoms with van der Waals surface area (Å²) >= 11 is 0. The van der Waals surface area contributed by atoms with Crippen LogP contribution in [-0.4, -0.2) is 44.5 Å². The zero-order valence-corrected chi connectivity index (χ0v) is 11.5. The number of hydrogen-bond donors (Lipinski definition) is 1. The Bertz CT molecular complexity index is 577. The fourth-order valence-electron chi connectivity index (χ4n) is 1.41. The second-order valence-corrected chi connectivity index (χ2v) is 6.44. The molecule has 19 heavy (non-hydrogen) atoms. The molecule has 0 aliphatic heterocycles. The van der Waals surface area contributed by atoms with Gasteiger partial charge < -0.3 is 10.0 Å². The fraction of sp³-hybridized carbons (Fsp3) is 0.333. The first kappa shape index (κ1) is 15.2. The molecule has 0 saturated heterocycles. The van der Waals surface area contributed by atoms with Crippen LogP contribution in [-0.2, 0) is 14.6 Å². The first-order chi connectivity index (χ1) is 8.70. The molecular formula is C12H15NO5S. The summed E-state index contributed by atoms with van der Waals surface area (Å²) in [5.74, 6) is -1.59. The van der Waals surface area contributed by atoms with Gasteiger partial charge in [0.15, 0.2) is 0 Å². The number of carbonyl (C=O) groups excluding carboxylic acids is 1. The van der Waals surface area contributed by atoms with E-state index in [1.807, 2.05) is 0 Å². The lowest BCUT2D eigenvalue weighted by Crippen LogP contribution is -2.27. The van der Waals surface area contributed by atoms with Gasteiger partial charge in [0, 0.05) is 25.4 Å². The number of anilines is 1. The van der Waals surface area contributed by atoms with Crippen LogP contribution in [0, 0.1) is 0 Å². The van der Waals surface area contributed by atoms with Crippen molar-refractivity contribution >= 4 is 27.4 Å². The van der Waals surface area contributed by atoms with Crippen molar-refractivity contribution in [3.63, 3.8) is 0 Å². The molecule has 1 aromatic carbocycles. The monoisotopic (exact) mass is 285 g/mol. The van der Waals surface area contributed by atoms with Crippen molar-refractivity contribution in [3.8, 4) is 0 Å². The number of rotatable bonds is 5. The van der Waals surface area contributed by atoms with Crippen molar-refractivity contribution < 1.29 is 23.1 Å². The summed E-state index contributed by atoms with van der Waals surface area (Å²) < 4.78 is 22.0. The van der Waals surface area contributed by atoms with E-state index in [2.05, 4.69) is 0 Å². The Morgan fingerprint density at radius 2 is 1.74 bits per heavy atom. The highest BCUT2D eigenvalue weighted by Gasteiger charge is 2.14. The molecule has 0 radical (unpaired) electrons. The largest absolute Gasteiger partial charge is 0.478 e. The van der Waals surface area contributed by atoms with E-state index in [1.54, 1.807) is 0 Å². The van der Waals surface area contributed by atoms with Crippen LogP contribution in [0.4, 0.5) is 5.69 Å². The zero-order valence-electron chi connectivity index (χ0n) is 10.7. The van der Waals surface area contributed by atoms with Gasteiger partial charge in [-0.2, -0.15) is 0 Å². The average Bonchev–Trinajstić information content (AvgIpc) is 2.34.